The molecular weight excluding hydrogens is 284 g/mol. The Morgan fingerprint density at radius 1 is 1.24 bits per heavy atom. The van der Waals surface area contributed by atoms with Crippen LogP contribution in [0.2, 0.25) is 0 Å². The van der Waals surface area contributed by atoms with Crippen molar-refractivity contribution in [1.82, 2.24) is 5.32 Å². The lowest BCUT2D eigenvalue weighted by Crippen LogP contribution is -2.31. The van der Waals surface area contributed by atoms with Gasteiger partial charge in [-0.25, -0.2) is 0 Å². The predicted octanol–water partition coefficient (Wildman–Crippen LogP) is 3.75. The molecule has 4 heteroatoms. The molecule has 120 valence electrons. The van der Waals surface area contributed by atoms with Gasteiger partial charge in [0.05, 0.1) is 6.04 Å². The summed E-state index contributed by atoms with van der Waals surface area (Å²) >= 11 is 0. The van der Waals surface area contributed by atoms with Crippen molar-refractivity contribution >= 4 is 18.3 Å². The van der Waals surface area contributed by atoms with E-state index in [0.717, 1.165) is 12.8 Å². The number of nitrogens with one attached hydrogen (secondary N) is 1. The molecule has 0 spiro atoms. The summed E-state index contributed by atoms with van der Waals surface area (Å²) < 4.78 is 0. The number of amides is 1. The van der Waals surface area contributed by atoms with Crippen LogP contribution in [0.25, 0.3) is 0 Å². The lowest BCUT2D eigenvalue weighted by atomic mass is 9.93. The normalized spacial score (nSPS) is 13.4. The third-order valence-electron chi connectivity index (χ3n) is 3.43. The molecule has 3 N–H and O–H groups in total. The van der Waals surface area contributed by atoms with Crippen LogP contribution in [0.4, 0.5) is 0 Å². The first-order valence-corrected chi connectivity index (χ1v) is 7.50. The molecule has 0 saturated heterocycles. The van der Waals surface area contributed by atoms with E-state index in [1.165, 1.54) is 11.1 Å². The molecule has 0 aliphatic heterocycles. The largest absolute Gasteiger partial charge is 0.349 e. The molecule has 1 rings (SSSR count). The Morgan fingerprint density at radius 2 is 1.86 bits per heavy atom. The third kappa shape index (κ3) is 7.49. The average molecular weight is 313 g/mol. The van der Waals surface area contributed by atoms with E-state index in [4.69, 9.17) is 5.73 Å². The number of halogens is 1. The number of hydrogen-bond acceptors (Lipinski definition) is 2. The van der Waals surface area contributed by atoms with Gasteiger partial charge in [0.15, 0.2) is 0 Å². The van der Waals surface area contributed by atoms with Gasteiger partial charge in [-0.15, -0.1) is 12.4 Å². The van der Waals surface area contributed by atoms with Gasteiger partial charge in [0.2, 0.25) is 5.91 Å². The van der Waals surface area contributed by atoms with Crippen LogP contribution in [0.3, 0.4) is 0 Å². The van der Waals surface area contributed by atoms with Gasteiger partial charge in [0.25, 0.3) is 0 Å². The second kappa shape index (κ2) is 9.80. The van der Waals surface area contributed by atoms with E-state index in [2.05, 4.69) is 38.2 Å². The summed E-state index contributed by atoms with van der Waals surface area (Å²) in [5.41, 5.74) is 8.15. The van der Waals surface area contributed by atoms with E-state index in [9.17, 15) is 4.79 Å². The Morgan fingerprint density at radius 3 is 2.38 bits per heavy atom. The zero-order chi connectivity index (χ0) is 15.1. The second-order valence-corrected chi connectivity index (χ2v) is 6.12. The summed E-state index contributed by atoms with van der Waals surface area (Å²) in [5, 5.41) is 3.17. The monoisotopic (exact) mass is 312 g/mol. The Bertz CT molecular complexity index is 433. The highest BCUT2D eigenvalue weighted by Crippen LogP contribution is 2.24. The van der Waals surface area contributed by atoms with Crippen LogP contribution in [0.5, 0.6) is 0 Å². The highest BCUT2D eigenvalue weighted by Gasteiger charge is 2.17. The number of nitrogens with two attached hydrogens (primary N) is 1. The molecule has 2 unspecified atom stereocenters. The summed E-state index contributed by atoms with van der Waals surface area (Å²) in [6.45, 7) is 8.38. The van der Waals surface area contributed by atoms with Gasteiger partial charge >= 0.3 is 0 Å². The summed E-state index contributed by atoms with van der Waals surface area (Å²) in [6, 6.07) is 8.43. The molecule has 0 aliphatic carbocycles. The first kappa shape index (κ1) is 19.9. The van der Waals surface area contributed by atoms with Crippen molar-refractivity contribution in [1.29, 1.82) is 0 Å². The van der Waals surface area contributed by atoms with Gasteiger partial charge in [-0.3, -0.25) is 4.79 Å². The standard InChI is InChI=1S/C17H28N2O.ClH/c1-12(2)11-16(15-8-6-5-7-13(15)3)19-17(20)10-9-14(4)18;/h5-8,12,14,16H,9-11,18H2,1-4H3,(H,19,20);1H. The van der Waals surface area contributed by atoms with Gasteiger partial charge in [-0.2, -0.15) is 0 Å². The molecule has 0 heterocycles. The number of rotatable bonds is 7. The minimum atomic E-state index is 0. The molecule has 1 aromatic carbocycles. The smallest absolute Gasteiger partial charge is 0.220 e. The number of carbonyl (C=O) groups excluding carboxylic acids is 1. The van der Waals surface area contributed by atoms with E-state index < -0.39 is 0 Å². The Balaban J connectivity index is 0.00000400. The zero-order valence-corrected chi connectivity index (χ0v) is 14.4. The van der Waals surface area contributed by atoms with Gasteiger partial charge in [0, 0.05) is 12.5 Å². The molecule has 21 heavy (non-hydrogen) atoms. The van der Waals surface area contributed by atoms with Crippen molar-refractivity contribution in [2.24, 2.45) is 11.7 Å². The lowest BCUT2D eigenvalue weighted by Gasteiger charge is -2.23. The summed E-state index contributed by atoms with van der Waals surface area (Å²) in [7, 11) is 0. The molecular formula is C17H29ClN2O. The highest BCUT2D eigenvalue weighted by molar-refractivity contribution is 5.85. The molecule has 0 bridgehead atoms. The van der Waals surface area contributed by atoms with Crippen molar-refractivity contribution in [2.45, 2.75) is 59.0 Å². The van der Waals surface area contributed by atoms with Crippen molar-refractivity contribution in [3.05, 3.63) is 35.4 Å². The number of aryl methyl sites for hydroxylation is 1. The van der Waals surface area contributed by atoms with Crippen molar-refractivity contribution in [3.63, 3.8) is 0 Å². The quantitative estimate of drug-likeness (QED) is 0.805. The van der Waals surface area contributed by atoms with Gasteiger partial charge < -0.3 is 11.1 Å². The van der Waals surface area contributed by atoms with Crippen molar-refractivity contribution < 1.29 is 4.79 Å². The van der Waals surface area contributed by atoms with Crippen molar-refractivity contribution in [3.8, 4) is 0 Å². The van der Waals surface area contributed by atoms with Crippen LogP contribution in [0.15, 0.2) is 24.3 Å². The third-order valence-corrected chi connectivity index (χ3v) is 3.43. The Kier molecular flexibility index (Phi) is 9.31. The van der Waals surface area contributed by atoms with Gasteiger partial charge in [0.1, 0.15) is 0 Å². The molecule has 0 fully saturated rings. The number of carbonyl (C=O) groups is 1. The van der Waals surface area contributed by atoms with Gasteiger partial charge in [-0.1, -0.05) is 38.1 Å². The fraction of sp³-hybridized carbons (Fsp3) is 0.588. The Labute approximate surface area is 135 Å². The van der Waals surface area contributed by atoms with Crippen LogP contribution >= 0.6 is 12.4 Å². The Hall–Kier alpha value is -1.06. The summed E-state index contributed by atoms with van der Waals surface area (Å²) in [4.78, 5) is 12.1. The fourth-order valence-electron chi connectivity index (χ4n) is 2.34. The summed E-state index contributed by atoms with van der Waals surface area (Å²) in [6.07, 6.45) is 2.18. The van der Waals surface area contributed by atoms with Crippen LogP contribution in [0.1, 0.15) is 57.2 Å². The molecule has 2 atom stereocenters. The van der Waals surface area contributed by atoms with E-state index in [1.54, 1.807) is 0 Å². The van der Waals surface area contributed by atoms with Crippen LogP contribution < -0.4 is 11.1 Å². The minimum absolute atomic E-state index is 0. The molecule has 0 saturated carbocycles. The van der Waals surface area contributed by atoms with E-state index in [0.29, 0.717) is 12.3 Å². The predicted molar refractivity (Wildman–Crippen MR) is 91.6 cm³/mol. The average Bonchev–Trinajstić information content (AvgIpc) is 2.35. The van der Waals surface area contributed by atoms with E-state index in [1.807, 2.05) is 19.1 Å². The fourth-order valence-corrected chi connectivity index (χ4v) is 2.34. The number of hydrogen-bond donors (Lipinski definition) is 2. The van der Waals surface area contributed by atoms with Crippen molar-refractivity contribution in [2.75, 3.05) is 0 Å². The molecule has 3 nitrogen and oxygen atoms in total. The first-order valence-electron chi connectivity index (χ1n) is 7.50. The van der Waals surface area contributed by atoms with E-state index >= 15 is 0 Å². The molecule has 0 radical (unpaired) electrons. The zero-order valence-electron chi connectivity index (χ0n) is 13.6. The maximum Gasteiger partial charge on any atom is 0.220 e. The second-order valence-electron chi connectivity index (χ2n) is 6.12. The molecule has 0 aromatic heterocycles. The lowest BCUT2D eigenvalue weighted by molar-refractivity contribution is -0.122. The summed E-state index contributed by atoms with van der Waals surface area (Å²) in [5.74, 6) is 0.629. The molecule has 1 amide bonds. The van der Waals surface area contributed by atoms with Crippen LogP contribution in [-0.2, 0) is 4.79 Å². The topological polar surface area (TPSA) is 55.1 Å². The van der Waals surface area contributed by atoms with Gasteiger partial charge in [-0.05, 0) is 43.7 Å². The van der Waals surface area contributed by atoms with E-state index in [-0.39, 0.29) is 30.4 Å². The maximum absolute atomic E-state index is 12.1. The minimum Gasteiger partial charge on any atom is -0.349 e. The molecule has 0 aliphatic rings. The van der Waals surface area contributed by atoms with Crippen LogP contribution in [0, 0.1) is 12.8 Å². The molecule has 1 aromatic rings. The number of benzene rings is 1. The SMILES string of the molecule is Cc1ccccc1C(CC(C)C)NC(=O)CCC(C)N.Cl. The highest BCUT2D eigenvalue weighted by atomic mass is 35.5. The maximum atomic E-state index is 12.1. The first-order chi connectivity index (χ1) is 9.40. The van der Waals surface area contributed by atoms with Crippen LogP contribution in [-0.4, -0.2) is 11.9 Å².